The Morgan fingerprint density at radius 1 is 1.50 bits per heavy atom. The number of hydrogen-bond acceptors (Lipinski definition) is 1. The first-order valence-electron chi connectivity index (χ1n) is 3.82. The molecule has 0 amide bonds. The molecule has 12 heavy (non-hydrogen) atoms. The van der Waals surface area contributed by atoms with Crippen LogP contribution in [-0.4, -0.2) is 6.18 Å². The van der Waals surface area contributed by atoms with Crippen molar-refractivity contribution < 1.29 is 13.2 Å². The third kappa shape index (κ3) is 1.17. The molecule has 0 spiro atoms. The lowest BCUT2D eigenvalue weighted by Crippen LogP contribution is -2.20. The van der Waals surface area contributed by atoms with Crippen LogP contribution < -0.4 is 0 Å². The molecule has 1 aliphatic carbocycles. The van der Waals surface area contributed by atoms with Gasteiger partial charge >= 0.3 is 6.18 Å². The molecule has 1 fully saturated rings. The van der Waals surface area contributed by atoms with Gasteiger partial charge in [0.2, 0.25) is 0 Å². The zero-order valence-corrected chi connectivity index (χ0v) is 6.94. The SMILES string of the molecule is CC(C)C1(C#N)CC1C(F)(F)F. The summed E-state index contributed by atoms with van der Waals surface area (Å²) in [6.07, 6.45) is -4.22. The van der Waals surface area contributed by atoms with E-state index < -0.39 is 17.5 Å². The highest BCUT2D eigenvalue weighted by molar-refractivity contribution is 5.19. The summed E-state index contributed by atoms with van der Waals surface area (Å²) in [6, 6.07) is 1.79. The Labute approximate surface area is 69.2 Å². The maximum atomic E-state index is 12.1. The van der Waals surface area contributed by atoms with Crippen LogP contribution in [0.1, 0.15) is 20.3 Å². The summed E-state index contributed by atoms with van der Waals surface area (Å²) < 4.78 is 36.4. The van der Waals surface area contributed by atoms with Gasteiger partial charge in [-0.1, -0.05) is 13.8 Å². The Morgan fingerprint density at radius 2 is 2.00 bits per heavy atom. The van der Waals surface area contributed by atoms with Crippen LogP contribution in [0.25, 0.3) is 0 Å². The van der Waals surface area contributed by atoms with Crippen molar-refractivity contribution in [2.45, 2.75) is 26.4 Å². The average Bonchev–Trinajstić information content (AvgIpc) is 2.60. The number of alkyl halides is 3. The van der Waals surface area contributed by atoms with Crippen LogP contribution in [0.3, 0.4) is 0 Å². The van der Waals surface area contributed by atoms with Crippen LogP contribution in [-0.2, 0) is 0 Å². The highest BCUT2D eigenvalue weighted by atomic mass is 19.4. The van der Waals surface area contributed by atoms with Crippen molar-refractivity contribution in [3.05, 3.63) is 0 Å². The molecule has 0 aromatic heterocycles. The van der Waals surface area contributed by atoms with E-state index in [0.29, 0.717) is 0 Å². The average molecular weight is 177 g/mol. The predicted molar refractivity (Wildman–Crippen MR) is 37.0 cm³/mol. The molecule has 1 aliphatic rings. The molecule has 1 nitrogen and oxygen atoms in total. The smallest absolute Gasteiger partial charge is 0.198 e. The van der Waals surface area contributed by atoms with E-state index in [1.165, 1.54) is 0 Å². The fourth-order valence-electron chi connectivity index (χ4n) is 1.58. The lowest BCUT2D eigenvalue weighted by Gasteiger charge is -2.14. The second kappa shape index (κ2) is 2.38. The number of nitriles is 1. The van der Waals surface area contributed by atoms with Crippen LogP contribution in [0.15, 0.2) is 0 Å². The minimum atomic E-state index is -4.19. The quantitative estimate of drug-likeness (QED) is 0.604. The van der Waals surface area contributed by atoms with E-state index in [9.17, 15) is 13.2 Å². The van der Waals surface area contributed by atoms with Gasteiger partial charge in [-0.3, -0.25) is 0 Å². The number of halogens is 3. The fraction of sp³-hybridized carbons (Fsp3) is 0.875. The third-order valence-electron chi connectivity index (χ3n) is 2.64. The van der Waals surface area contributed by atoms with E-state index in [2.05, 4.69) is 0 Å². The monoisotopic (exact) mass is 177 g/mol. The molecular weight excluding hydrogens is 167 g/mol. The van der Waals surface area contributed by atoms with Crippen LogP contribution >= 0.6 is 0 Å². The van der Waals surface area contributed by atoms with E-state index >= 15 is 0 Å². The largest absolute Gasteiger partial charge is 0.393 e. The first-order chi connectivity index (χ1) is 5.34. The van der Waals surface area contributed by atoms with Crippen LogP contribution in [0.2, 0.25) is 0 Å². The van der Waals surface area contributed by atoms with Gasteiger partial charge < -0.3 is 0 Å². The maximum Gasteiger partial charge on any atom is 0.393 e. The maximum absolute atomic E-state index is 12.1. The summed E-state index contributed by atoms with van der Waals surface area (Å²) in [5, 5.41) is 8.61. The van der Waals surface area contributed by atoms with Crippen LogP contribution in [0.5, 0.6) is 0 Å². The molecule has 0 aliphatic heterocycles. The molecular formula is C8H10F3N. The van der Waals surface area contributed by atoms with Gasteiger partial charge in [-0.15, -0.1) is 0 Å². The molecule has 2 unspecified atom stereocenters. The summed E-state index contributed by atoms with van der Waals surface area (Å²) in [6.45, 7) is 3.32. The second-order valence-electron chi connectivity index (χ2n) is 3.61. The van der Waals surface area contributed by atoms with Crippen molar-refractivity contribution >= 4 is 0 Å². The lowest BCUT2D eigenvalue weighted by molar-refractivity contribution is -0.155. The molecule has 0 heterocycles. The molecule has 0 bridgehead atoms. The number of nitrogens with zero attached hydrogens (tertiary/aromatic N) is 1. The molecule has 2 atom stereocenters. The normalized spacial score (nSPS) is 34.9. The third-order valence-corrected chi connectivity index (χ3v) is 2.64. The zero-order chi connectivity index (χ0) is 9.57. The predicted octanol–water partition coefficient (Wildman–Crippen LogP) is 2.73. The van der Waals surface area contributed by atoms with Crippen LogP contribution in [0, 0.1) is 28.6 Å². The zero-order valence-electron chi connectivity index (χ0n) is 6.94. The molecule has 1 rings (SSSR count). The van der Waals surface area contributed by atoms with Crippen LogP contribution in [0.4, 0.5) is 13.2 Å². The van der Waals surface area contributed by atoms with Crippen molar-refractivity contribution in [3.8, 4) is 6.07 Å². The molecule has 0 aromatic carbocycles. The molecule has 0 aromatic rings. The highest BCUT2D eigenvalue weighted by Crippen LogP contribution is 2.63. The molecule has 68 valence electrons. The first kappa shape index (κ1) is 9.37. The Hall–Kier alpha value is -0.720. The highest BCUT2D eigenvalue weighted by Gasteiger charge is 2.68. The number of rotatable bonds is 1. The van der Waals surface area contributed by atoms with Crippen molar-refractivity contribution in [2.75, 3.05) is 0 Å². The van der Waals surface area contributed by atoms with Crippen molar-refractivity contribution in [1.29, 1.82) is 5.26 Å². The Bertz CT molecular complexity index is 225. The van der Waals surface area contributed by atoms with Gasteiger partial charge in [0, 0.05) is 0 Å². The summed E-state index contributed by atoms with van der Waals surface area (Å²) in [7, 11) is 0. The summed E-state index contributed by atoms with van der Waals surface area (Å²) >= 11 is 0. The Morgan fingerprint density at radius 3 is 2.08 bits per heavy atom. The summed E-state index contributed by atoms with van der Waals surface area (Å²) in [5.74, 6) is -1.61. The minimum Gasteiger partial charge on any atom is -0.198 e. The molecule has 0 N–H and O–H groups in total. The lowest BCUT2D eigenvalue weighted by atomic mass is 9.91. The van der Waals surface area contributed by atoms with E-state index in [1.807, 2.05) is 0 Å². The van der Waals surface area contributed by atoms with Gasteiger partial charge in [0.25, 0.3) is 0 Å². The Balaban J connectivity index is 2.77. The van der Waals surface area contributed by atoms with Gasteiger partial charge in [-0.25, -0.2) is 0 Å². The van der Waals surface area contributed by atoms with E-state index in [0.717, 1.165) is 0 Å². The van der Waals surface area contributed by atoms with Crippen molar-refractivity contribution in [1.82, 2.24) is 0 Å². The first-order valence-corrected chi connectivity index (χ1v) is 3.82. The van der Waals surface area contributed by atoms with Crippen molar-refractivity contribution in [3.63, 3.8) is 0 Å². The van der Waals surface area contributed by atoms with Gasteiger partial charge in [0.1, 0.15) is 0 Å². The second-order valence-corrected chi connectivity index (χ2v) is 3.61. The van der Waals surface area contributed by atoms with Crippen molar-refractivity contribution in [2.24, 2.45) is 17.3 Å². The molecule has 4 heteroatoms. The number of hydrogen-bond donors (Lipinski definition) is 0. The Kier molecular flexibility index (Phi) is 1.86. The standard InChI is InChI=1S/C8H10F3N/c1-5(2)7(4-12)3-6(7)8(9,10)11/h5-6H,3H2,1-2H3. The van der Waals surface area contributed by atoms with E-state index in [1.54, 1.807) is 19.9 Å². The molecule has 1 saturated carbocycles. The fourth-order valence-corrected chi connectivity index (χ4v) is 1.58. The topological polar surface area (TPSA) is 23.8 Å². The van der Waals surface area contributed by atoms with Gasteiger partial charge in [-0.05, 0) is 12.3 Å². The van der Waals surface area contributed by atoms with Gasteiger partial charge in [0.15, 0.2) is 0 Å². The summed E-state index contributed by atoms with van der Waals surface area (Å²) in [4.78, 5) is 0. The van der Waals surface area contributed by atoms with Gasteiger partial charge in [0.05, 0.1) is 17.4 Å². The summed E-state index contributed by atoms with van der Waals surface area (Å²) in [5.41, 5.74) is -1.13. The van der Waals surface area contributed by atoms with E-state index in [-0.39, 0.29) is 12.3 Å². The minimum absolute atomic E-state index is 0.0231. The molecule has 0 saturated heterocycles. The van der Waals surface area contributed by atoms with E-state index in [4.69, 9.17) is 5.26 Å². The molecule has 0 radical (unpaired) electrons. The van der Waals surface area contributed by atoms with Gasteiger partial charge in [-0.2, -0.15) is 18.4 Å².